The van der Waals surface area contributed by atoms with Gasteiger partial charge in [-0.3, -0.25) is 14.5 Å². The van der Waals surface area contributed by atoms with Crippen molar-refractivity contribution in [2.45, 2.75) is 13.1 Å². The van der Waals surface area contributed by atoms with E-state index >= 15 is 0 Å². The fourth-order valence-electron chi connectivity index (χ4n) is 2.75. The van der Waals surface area contributed by atoms with Gasteiger partial charge in [-0.2, -0.15) is 4.98 Å². The normalized spacial score (nSPS) is 14.3. The van der Waals surface area contributed by atoms with Gasteiger partial charge in [-0.25, -0.2) is 9.69 Å². The van der Waals surface area contributed by atoms with E-state index in [0.29, 0.717) is 5.82 Å². The van der Waals surface area contributed by atoms with Crippen molar-refractivity contribution < 1.29 is 18.9 Å². The maximum atomic E-state index is 12.5. The van der Waals surface area contributed by atoms with Gasteiger partial charge in [-0.05, 0) is 5.56 Å². The molecule has 1 aromatic heterocycles. The van der Waals surface area contributed by atoms with E-state index in [1.165, 1.54) is 0 Å². The van der Waals surface area contributed by atoms with Gasteiger partial charge in [0.25, 0.3) is 0 Å². The zero-order chi connectivity index (χ0) is 18.8. The smallest absolute Gasteiger partial charge is 0.335 e. The zero-order valence-electron chi connectivity index (χ0n) is 14.1. The Labute approximate surface area is 154 Å². The number of amides is 4. The van der Waals surface area contributed by atoms with Crippen LogP contribution in [0, 0.1) is 0 Å². The maximum Gasteiger partial charge on any atom is 0.335 e. The summed E-state index contributed by atoms with van der Waals surface area (Å²) in [6, 6.07) is 17.4. The molecule has 0 unspecified atom stereocenters. The summed E-state index contributed by atoms with van der Waals surface area (Å²) in [5.74, 6) is -1.36. The minimum absolute atomic E-state index is 0.0276. The molecule has 0 radical (unpaired) electrons. The third-order valence-electron chi connectivity index (χ3n) is 4.11. The lowest BCUT2D eigenvalue weighted by molar-refractivity contribution is -0.143. The third kappa shape index (κ3) is 3.20. The number of rotatable bonds is 5. The second-order valence-electron chi connectivity index (χ2n) is 5.93. The molecule has 1 aliphatic rings. The minimum atomic E-state index is -0.907. The van der Waals surface area contributed by atoms with Gasteiger partial charge in [0.15, 0.2) is 0 Å². The summed E-state index contributed by atoms with van der Waals surface area (Å²) < 4.78 is 5.13. The number of hydrogen-bond donors (Lipinski definition) is 0. The van der Waals surface area contributed by atoms with Crippen LogP contribution in [0.4, 0.5) is 4.79 Å². The fourth-order valence-corrected chi connectivity index (χ4v) is 2.75. The van der Waals surface area contributed by atoms with E-state index in [1.807, 2.05) is 36.4 Å². The molecule has 8 nitrogen and oxygen atoms in total. The Hall–Kier alpha value is -3.81. The molecule has 27 heavy (non-hydrogen) atoms. The highest BCUT2D eigenvalue weighted by atomic mass is 16.5. The van der Waals surface area contributed by atoms with Crippen LogP contribution in [0.15, 0.2) is 65.2 Å². The molecule has 0 spiro atoms. The van der Waals surface area contributed by atoms with Crippen molar-refractivity contribution in [1.29, 1.82) is 0 Å². The van der Waals surface area contributed by atoms with Crippen LogP contribution < -0.4 is 0 Å². The van der Waals surface area contributed by atoms with E-state index in [9.17, 15) is 14.4 Å². The number of carbonyl (C=O) groups is 3. The van der Waals surface area contributed by atoms with Crippen molar-refractivity contribution >= 4 is 17.8 Å². The lowest BCUT2D eigenvalue weighted by Gasteiger charge is -2.14. The van der Waals surface area contributed by atoms with E-state index in [1.54, 1.807) is 24.3 Å². The highest BCUT2D eigenvalue weighted by molar-refractivity contribution is 6.44. The number of benzene rings is 2. The van der Waals surface area contributed by atoms with Crippen molar-refractivity contribution in [2.75, 3.05) is 0 Å². The van der Waals surface area contributed by atoms with Crippen LogP contribution in [0.5, 0.6) is 0 Å². The van der Waals surface area contributed by atoms with Crippen LogP contribution in [-0.4, -0.2) is 37.8 Å². The van der Waals surface area contributed by atoms with E-state index in [4.69, 9.17) is 4.52 Å². The van der Waals surface area contributed by atoms with Gasteiger partial charge < -0.3 is 4.52 Å². The average molecular weight is 362 g/mol. The Balaban J connectivity index is 1.51. The molecule has 1 aliphatic heterocycles. The Morgan fingerprint density at radius 3 is 2.04 bits per heavy atom. The summed E-state index contributed by atoms with van der Waals surface area (Å²) in [6.45, 7) is -0.228. The number of hydrogen-bond acceptors (Lipinski definition) is 6. The highest BCUT2D eigenvalue weighted by Crippen LogP contribution is 2.20. The number of imide groups is 2. The summed E-state index contributed by atoms with van der Waals surface area (Å²) in [4.78, 5) is 42.9. The first-order valence-electron chi connectivity index (χ1n) is 8.23. The van der Waals surface area contributed by atoms with Crippen LogP contribution >= 0.6 is 0 Å². The molecule has 0 saturated carbocycles. The van der Waals surface area contributed by atoms with Gasteiger partial charge in [-0.15, -0.1) is 0 Å². The van der Waals surface area contributed by atoms with E-state index < -0.39 is 17.8 Å². The number of carbonyl (C=O) groups excluding carboxylic acids is 3. The van der Waals surface area contributed by atoms with Crippen molar-refractivity contribution in [1.82, 2.24) is 19.9 Å². The zero-order valence-corrected chi connectivity index (χ0v) is 14.1. The SMILES string of the molecule is O=C1C(=O)N(Cc2nc(-c3ccccc3)no2)C(=O)N1Cc1ccccc1. The van der Waals surface area contributed by atoms with E-state index in [-0.39, 0.29) is 19.0 Å². The third-order valence-corrected chi connectivity index (χ3v) is 4.11. The number of urea groups is 1. The predicted molar refractivity (Wildman–Crippen MR) is 92.7 cm³/mol. The second-order valence-corrected chi connectivity index (χ2v) is 5.93. The molecule has 0 N–H and O–H groups in total. The number of nitrogens with zero attached hydrogens (tertiary/aromatic N) is 4. The van der Waals surface area contributed by atoms with E-state index in [0.717, 1.165) is 20.9 Å². The molecule has 2 aromatic carbocycles. The molecule has 134 valence electrons. The van der Waals surface area contributed by atoms with Crippen molar-refractivity contribution in [2.24, 2.45) is 0 Å². The first-order valence-corrected chi connectivity index (χ1v) is 8.23. The number of aromatic nitrogens is 2. The Kier molecular flexibility index (Phi) is 4.21. The van der Waals surface area contributed by atoms with Crippen molar-refractivity contribution in [3.8, 4) is 11.4 Å². The van der Waals surface area contributed by atoms with Crippen molar-refractivity contribution in [3.05, 3.63) is 72.1 Å². The summed E-state index contributed by atoms with van der Waals surface area (Å²) in [7, 11) is 0. The minimum Gasteiger partial charge on any atom is -0.337 e. The monoisotopic (exact) mass is 362 g/mol. The fraction of sp³-hybridized carbons (Fsp3) is 0.105. The lowest BCUT2D eigenvalue weighted by atomic mass is 10.2. The predicted octanol–water partition coefficient (Wildman–Crippen LogP) is 2.23. The van der Waals surface area contributed by atoms with Crippen LogP contribution in [-0.2, 0) is 22.7 Å². The molecule has 4 amide bonds. The average Bonchev–Trinajstić information content (AvgIpc) is 3.25. The van der Waals surface area contributed by atoms with Crippen LogP contribution in [0.1, 0.15) is 11.5 Å². The molecule has 0 atom stereocenters. The van der Waals surface area contributed by atoms with Gasteiger partial charge in [0.05, 0.1) is 6.54 Å². The van der Waals surface area contributed by atoms with Gasteiger partial charge >= 0.3 is 17.8 Å². The van der Waals surface area contributed by atoms with Crippen molar-refractivity contribution in [3.63, 3.8) is 0 Å². The summed E-state index contributed by atoms with van der Waals surface area (Å²) in [5.41, 5.74) is 1.49. The molecule has 8 heteroatoms. The van der Waals surface area contributed by atoms with E-state index in [2.05, 4.69) is 10.1 Å². The Bertz CT molecular complexity index is 1000. The molecule has 0 bridgehead atoms. The van der Waals surface area contributed by atoms with Gasteiger partial charge in [-0.1, -0.05) is 65.8 Å². The topological polar surface area (TPSA) is 96.6 Å². The van der Waals surface area contributed by atoms with Gasteiger partial charge in [0.1, 0.15) is 6.54 Å². The molecular weight excluding hydrogens is 348 g/mol. The standard InChI is InChI=1S/C19H14N4O4/c24-17-18(25)23(19(26)22(17)11-13-7-3-1-4-8-13)12-15-20-16(21-27-15)14-9-5-2-6-10-14/h1-10H,11-12H2. The molecule has 4 rings (SSSR count). The molecule has 1 saturated heterocycles. The quantitative estimate of drug-likeness (QED) is 0.510. The van der Waals surface area contributed by atoms with Gasteiger partial charge in [0.2, 0.25) is 11.7 Å². The summed E-state index contributed by atoms with van der Waals surface area (Å²) >= 11 is 0. The molecule has 1 fully saturated rings. The first-order chi connectivity index (χ1) is 13.1. The summed E-state index contributed by atoms with van der Waals surface area (Å²) in [5, 5.41) is 3.85. The molecule has 2 heterocycles. The van der Waals surface area contributed by atoms with Crippen LogP contribution in [0.3, 0.4) is 0 Å². The lowest BCUT2D eigenvalue weighted by Crippen LogP contribution is -2.32. The highest BCUT2D eigenvalue weighted by Gasteiger charge is 2.45. The summed E-state index contributed by atoms with van der Waals surface area (Å²) in [6.07, 6.45) is 0. The molecule has 3 aromatic rings. The van der Waals surface area contributed by atoms with Crippen LogP contribution in [0.25, 0.3) is 11.4 Å². The first kappa shape index (κ1) is 16.6. The van der Waals surface area contributed by atoms with Gasteiger partial charge in [0, 0.05) is 5.56 Å². The Morgan fingerprint density at radius 1 is 0.778 bits per heavy atom. The second kappa shape index (κ2) is 6.83. The van der Waals surface area contributed by atoms with Crippen LogP contribution in [0.2, 0.25) is 0 Å². The molecular formula is C19H14N4O4. The Morgan fingerprint density at radius 2 is 1.37 bits per heavy atom. The largest absolute Gasteiger partial charge is 0.337 e. The maximum absolute atomic E-state index is 12.5. The molecule has 0 aliphatic carbocycles.